The normalized spacial score (nSPS) is 10.3. The van der Waals surface area contributed by atoms with E-state index < -0.39 is 36.2 Å². The van der Waals surface area contributed by atoms with Crippen LogP contribution in [0.1, 0.15) is 39.0 Å². The number of nitrogens with two attached hydrogens (primary N) is 1. The summed E-state index contributed by atoms with van der Waals surface area (Å²) in [6.07, 6.45) is -0.232. The van der Waals surface area contributed by atoms with E-state index in [-0.39, 0.29) is 35.8 Å². The first-order chi connectivity index (χ1) is 13.7. The van der Waals surface area contributed by atoms with Gasteiger partial charge in [0.25, 0.3) is 11.8 Å². The molecule has 1 aromatic heterocycles. The molecule has 0 unspecified atom stereocenters. The fourth-order valence-electron chi connectivity index (χ4n) is 2.49. The Balaban J connectivity index is 2.03. The molecule has 2 amide bonds. The van der Waals surface area contributed by atoms with E-state index in [1.165, 1.54) is 31.2 Å². The van der Waals surface area contributed by atoms with Gasteiger partial charge in [-0.25, -0.2) is 9.18 Å². The third kappa shape index (κ3) is 5.64. The van der Waals surface area contributed by atoms with Crippen molar-refractivity contribution in [2.24, 2.45) is 5.73 Å². The maximum atomic E-state index is 13.1. The van der Waals surface area contributed by atoms with Gasteiger partial charge in [0.05, 0.1) is 13.0 Å². The quantitative estimate of drug-likeness (QED) is 0.637. The van der Waals surface area contributed by atoms with Crippen LogP contribution in [0.2, 0.25) is 0 Å². The van der Waals surface area contributed by atoms with Crippen LogP contribution in [0.4, 0.5) is 10.3 Å². The monoisotopic (exact) mass is 406 g/mol. The smallest absolute Gasteiger partial charge is 0.342 e. The van der Waals surface area contributed by atoms with E-state index in [0.29, 0.717) is 5.56 Å². The number of hydrogen-bond donors (Lipinski definition) is 2. The topological polar surface area (TPSA) is 138 Å². The van der Waals surface area contributed by atoms with Gasteiger partial charge in [-0.3, -0.25) is 19.7 Å². The van der Waals surface area contributed by atoms with Gasteiger partial charge in [-0.2, -0.15) is 0 Å². The van der Waals surface area contributed by atoms with Gasteiger partial charge in [-0.1, -0.05) is 12.1 Å². The third-order valence-corrected chi connectivity index (χ3v) is 3.66. The minimum atomic E-state index is -1.01. The molecule has 2 aromatic rings. The third-order valence-electron chi connectivity index (χ3n) is 3.66. The molecular formula is C19H19FN2O7. The molecule has 0 aliphatic heterocycles. The van der Waals surface area contributed by atoms with Crippen LogP contribution in [-0.4, -0.2) is 37.0 Å². The number of amides is 2. The summed E-state index contributed by atoms with van der Waals surface area (Å²) in [5, 5.41) is 2.23. The molecule has 1 aromatic carbocycles. The highest BCUT2D eigenvalue weighted by atomic mass is 19.1. The number of carbonyl (C=O) groups excluding carboxylic acids is 4. The van der Waals surface area contributed by atoms with Crippen LogP contribution >= 0.6 is 0 Å². The van der Waals surface area contributed by atoms with E-state index in [9.17, 15) is 23.6 Å². The van der Waals surface area contributed by atoms with Crippen molar-refractivity contribution >= 4 is 29.6 Å². The van der Waals surface area contributed by atoms with Crippen molar-refractivity contribution in [3.05, 3.63) is 52.5 Å². The summed E-state index contributed by atoms with van der Waals surface area (Å²) in [6.45, 7) is 2.34. The number of hydrogen-bond acceptors (Lipinski definition) is 7. The Kier molecular flexibility index (Phi) is 7.07. The van der Waals surface area contributed by atoms with Gasteiger partial charge in [0.2, 0.25) is 5.88 Å². The molecule has 0 radical (unpaired) electrons. The molecule has 3 N–H and O–H groups in total. The first-order valence-corrected chi connectivity index (χ1v) is 8.53. The molecule has 0 atom stereocenters. The first-order valence-electron chi connectivity index (χ1n) is 8.53. The summed E-state index contributed by atoms with van der Waals surface area (Å²) in [5.41, 5.74) is 5.12. The fraction of sp³-hybridized carbons (Fsp3) is 0.263. The lowest BCUT2D eigenvalue weighted by atomic mass is 10.1. The highest BCUT2D eigenvalue weighted by Gasteiger charge is 2.29. The van der Waals surface area contributed by atoms with Crippen molar-refractivity contribution < 1.29 is 37.5 Å². The highest BCUT2D eigenvalue weighted by Crippen LogP contribution is 2.27. The van der Waals surface area contributed by atoms with Gasteiger partial charge in [-0.05, 0) is 31.5 Å². The zero-order chi connectivity index (χ0) is 21.6. The molecule has 0 aliphatic carbocycles. The SMILES string of the molecule is CCOC(=O)c1c(C)oc(NC(=O)COC(=O)Cc2cccc(F)c2)c1C(N)=O. The second-order valence-corrected chi connectivity index (χ2v) is 5.84. The summed E-state index contributed by atoms with van der Waals surface area (Å²) in [5.74, 6) is -4.27. The summed E-state index contributed by atoms with van der Waals surface area (Å²) in [7, 11) is 0. The van der Waals surface area contributed by atoms with Crippen molar-refractivity contribution in [3.63, 3.8) is 0 Å². The first kappa shape index (κ1) is 21.6. The fourth-order valence-corrected chi connectivity index (χ4v) is 2.49. The van der Waals surface area contributed by atoms with Crippen molar-refractivity contribution in [2.75, 3.05) is 18.5 Å². The lowest BCUT2D eigenvalue weighted by molar-refractivity contribution is -0.146. The Morgan fingerprint density at radius 1 is 1.17 bits per heavy atom. The van der Waals surface area contributed by atoms with Crippen LogP contribution in [0.5, 0.6) is 0 Å². The van der Waals surface area contributed by atoms with Crippen molar-refractivity contribution in [3.8, 4) is 0 Å². The number of esters is 2. The van der Waals surface area contributed by atoms with Gasteiger partial charge in [0.15, 0.2) is 6.61 Å². The predicted octanol–water partition coefficient (Wildman–Crippen LogP) is 1.73. The lowest BCUT2D eigenvalue weighted by Crippen LogP contribution is -2.24. The Morgan fingerprint density at radius 3 is 2.52 bits per heavy atom. The van der Waals surface area contributed by atoms with Crippen LogP contribution in [0.3, 0.4) is 0 Å². The molecule has 9 nitrogen and oxygen atoms in total. The number of anilines is 1. The summed E-state index contributed by atoms with van der Waals surface area (Å²) in [4.78, 5) is 47.6. The lowest BCUT2D eigenvalue weighted by Gasteiger charge is -2.06. The number of aryl methyl sites for hydroxylation is 1. The molecule has 0 aliphatic rings. The Morgan fingerprint density at radius 2 is 1.90 bits per heavy atom. The van der Waals surface area contributed by atoms with Gasteiger partial charge >= 0.3 is 11.9 Å². The van der Waals surface area contributed by atoms with Gasteiger partial charge in [0, 0.05) is 0 Å². The molecule has 0 bridgehead atoms. The molecule has 154 valence electrons. The molecule has 2 rings (SSSR count). The molecule has 0 fully saturated rings. The zero-order valence-corrected chi connectivity index (χ0v) is 15.7. The highest BCUT2D eigenvalue weighted by molar-refractivity contribution is 6.10. The maximum absolute atomic E-state index is 13.1. The van der Waals surface area contributed by atoms with Crippen LogP contribution in [0.25, 0.3) is 0 Å². The summed E-state index contributed by atoms with van der Waals surface area (Å²) >= 11 is 0. The maximum Gasteiger partial charge on any atom is 0.342 e. The molecule has 0 saturated heterocycles. The Labute approximate surface area is 164 Å². The second kappa shape index (κ2) is 9.49. The number of nitrogens with one attached hydrogen (secondary N) is 1. The van der Waals surface area contributed by atoms with E-state index in [2.05, 4.69) is 5.32 Å². The molecule has 0 saturated carbocycles. The molecule has 1 heterocycles. The van der Waals surface area contributed by atoms with E-state index in [1.54, 1.807) is 6.92 Å². The van der Waals surface area contributed by atoms with Crippen LogP contribution in [0, 0.1) is 12.7 Å². The summed E-state index contributed by atoms with van der Waals surface area (Å²) < 4.78 is 28.0. The average Bonchev–Trinajstić information content (AvgIpc) is 2.96. The Hall–Kier alpha value is -3.69. The number of rotatable bonds is 8. The van der Waals surface area contributed by atoms with Gasteiger partial charge < -0.3 is 19.6 Å². The van der Waals surface area contributed by atoms with E-state index in [4.69, 9.17) is 19.6 Å². The number of primary amides is 1. The van der Waals surface area contributed by atoms with Crippen molar-refractivity contribution in [1.29, 1.82) is 0 Å². The summed E-state index contributed by atoms with van der Waals surface area (Å²) in [6, 6.07) is 5.37. The number of halogens is 1. The molecule has 29 heavy (non-hydrogen) atoms. The Bertz CT molecular complexity index is 952. The minimum Gasteiger partial charge on any atom is -0.462 e. The number of benzene rings is 1. The minimum absolute atomic E-state index is 0.0237. The largest absolute Gasteiger partial charge is 0.462 e. The van der Waals surface area contributed by atoms with E-state index in [0.717, 1.165) is 0 Å². The van der Waals surface area contributed by atoms with Gasteiger partial charge in [-0.15, -0.1) is 0 Å². The van der Waals surface area contributed by atoms with Gasteiger partial charge in [0.1, 0.15) is 22.7 Å². The number of furan rings is 1. The van der Waals surface area contributed by atoms with Crippen molar-refractivity contribution in [1.82, 2.24) is 0 Å². The molecule has 0 spiro atoms. The average molecular weight is 406 g/mol. The van der Waals surface area contributed by atoms with Crippen LogP contribution in [0.15, 0.2) is 28.7 Å². The molecular weight excluding hydrogens is 387 g/mol. The predicted molar refractivity (Wildman–Crippen MR) is 97.6 cm³/mol. The standard InChI is InChI=1S/C19H19FN2O7/c1-3-27-19(26)15-10(2)29-18(16(15)17(21)25)22-13(23)9-28-14(24)8-11-5-4-6-12(20)7-11/h4-7H,3,8-9H2,1-2H3,(H2,21,25)(H,22,23). The van der Waals surface area contributed by atoms with E-state index >= 15 is 0 Å². The number of carbonyl (C=O) groups is 4. The van der Waals surface area contributed by atoms with Crippen LogP contribution in [-0.2, 0) is 25.5 Å². The number of ether oxygens (including phenoxy) is 2. The van der Waals surface area contributed by atoms with Crippen molar-refractivity contribution in [2.45, 2.75) is 20.3 Å². The van der Waals surface area contributed by atoms with E-state index in [1.807, 2.05) is 0 Å². The zero-order valence-electron chi connectivity index (χ0n) is 15.7. The molecule has 10 heteroatoms. The van der Waals surface area contributed by atoms with Crippen LogP contribution < -0.4 is 11.1 Å². The second-order valence-electron chi connectivity index (χ2n) is 5.84.